The molecule has 0 radical (unpaired) electrons. The Bertz CT molecular complexity index is 424. The highest BCUT2D eigenvalue weighted by molar-refractivity contribution is 5.14. The molecule has 1 fully saturated rings. The highest BCUT2D eigenvalue weighted by Gasteiger charge is 2.40. The van der Waals surface area contributed by atoms with Crippen LogP contribution in [0.5, 0.6) is 0 Å². The largest absolute Gasteiger partial charge is 0.296 e. The van der Waals surface area contributed by atoms with Crippen molar-refractivity contribution in [3.8, 4) is 0 Å². The highest BCUT2D eigenvalue weighted by Crippen LogP contribution is 2.35. The summed E-state index contributed by atoms with van der Waals surface area (Å²) in [5.74, 6) is 5.98. The summed E-state index contributed by atoms with van der Waals surface area (Å²) in [6.45, 7) is 10.1. The number of aromatic nitrogens is 2. The summed E-state index contributed by atoms with van der Waals surface area (Å²) >= 11 is 0. The minimum absolute atomic E-state index is 0.0285. The summed E-state index contributed by atoms with van der Waals surface area (Å²) in [7, 11) is 0. The van der Waals surface area contributed by atoms with Crippen LogP contribution in [0.4, 0.5) is 0 Å². The smallest absolute Gasteiger partial charge is 0.0809 e. The minimum Gasteiger partial charge on any atom is -0.296 e. The summed E-state index contributed by atoms with van der Waals surface area (Å²) in [4.78, 5) is 2.62. The predicted octanol–water partition coefficient (Wildman–Crippen LogP) is 2.45. The summed E-state index contributed by atoms with van der Waals surface area (Å²) in [6, 6.07) is 2.22. The average Bonchev–Trinajstić information content (AvgIpc) is 2.97. The van der Waals surface area contributed by atoms with Crippen molar-refractivity contribution in [1.82, 2.24) is 20.1 Å². The Morgan fingerprint density at radius 1 is 1.33 bits per heavy atom. The van der Waals surface area contributed by atoms with Gasteiger partial charge in [0.25, 0.3) is 0 Å². The number of rotatable bonds is 7. The molecule has 120 valence electrons. The number of nitrogens with two attached hydrogens (primary N) is 1. The van der Waals surface area contributed by atoms with Crippen LogP contribution in [0.3, 0.4) is 0 Å². The summed E-state index contributed by atoms with van der Waals surface area (Å²) in [5, 5.41) is 4.47. The second kappa shape index (κ2) is 7.38. The molecule has 0 amide bonds. The Hall–Kier alpha value is -0.910. The fourth-order valence-electron chi connectivity index (χ4n) is 3.59. The number of hydrogen-bond acceptors (Lipinski definition) is 4. The maximum absolute atomic E-state index is 5.98. The second-order valence-electron chi connectivity index (χ2n) is 6.34. The molecule has 1 saturated heterocycles. The molecule has 2 rings (SSSR count). The van der Waals surface area contributed by atoms with Crippen molar-refractivity contribution in [2.45, 2.75) is 71.0 Å². The molecule has 1 aromatic heterocycles. The highest BCUT2D eigenvalue weighted by atomic mass is 15.3. The molecule has 21 heavy (non-hydrogen) atoms. The lowest BCUT2D eigenvalue weighted by Crippen LogP contribution is -2.57. The Morgan fingerprint density at radius 2 is 2.05 bits per heavy atom. The fraction of sp³-hybridized carbons (Fsp3) is 0.812. The molecule has 0 aromatic carbocycles. The van der Waals surface area contributed by atoms with E-state index in [9.17, 15) is 0 Å². The zero-order valence-electron chi connectivity index (χ0n) is 13.8. The normalized spacial score (nSPS) is 21.1. The van der Waals surface area contributed by atoms with Crippen molar-refractivity contribution in [1.29, 1.82) is 0 Å². The summed E-state index contributed by atoms with van der Waals surface area (Å²) in [6.07, 6.45) is 7.98. The van der Waals surface area contributed by atoms with E-state index >= 15 is 0 Å². The maximum atomic E-state index is 5.98. The van der Waals surface area contributed by atoms with Gasteiger partial charge in [0.2, 0.25) is 0 Å². The van der Waals surface area contributed by atoms with Crippen molar-refractivity contribution in [3.05, 3.63) is 18.0 Å². The lowest BCUT2D eigenvalue weighted by atomic mass is 9.84. The number of hydrogen-bond donors (Lipinski definition) is 2. The van der Waals surface area contributed by atoms with Crippen LogP contribution >= 0.6 is 0 Å². The number of aryl methyl sites for hydroxylation is 1. The van der Waals surface area contributed by atoms with Crippen molar-refractivity contribution in [2.75, 3.05) is 13.1 Å². The van der Waals surface area contributed by atoms with Crippen LogP contribution < -0.4 is 11.3 Å². The molecule has 1 aliphatic rings. The Morgan fingerprint density at radius 3 is 2.62 bits per heavy atom. The van der Waals surface area contributed by atoms with E-state index < -0.39 is 0 Å². The van der Waals surface area contributed by atoms with Gasteiger partial charge in [-0.1, -0.05) is 20.3 Å². The van der Waals surface area contributed by atoms with Gasteiger partial charge in [-0.15, -0.1) is 0 Å². The van der Waals surface area contributed by atoms with Gasteiger partial charge in [0.05, 0.1) is 11.7 Å². The van der Waals surface area contributed by atoms with E-state index in [0.717, 1.165) is 19.4 Å². The van der Waals surface area contributed by atoms with E-state index in [-0.39, 0.29) is 11.6 Å². The Labute approximate surface area is 128 Å². The average molecular weight is 293 g/mol. The van der Waals surface area contributed by atoms with Crippen LogP contribution in [-0.4, -0.2) is 33.3 Å². The Balaban J connectivity index is 2.29. The monoisotopic (exact) mass is 293 g/mol. The second-order valence-corrected chi connectivity index (χ2v) is 6.34. The minimum atomic E-state index is 0.0285. The van der Waals surface area contributed by atoms with Gasteiger partial charge in [-0.25, -0.2) is 5.43 Å². The van der Waals surface area contributed by atoms with Crippen LogP contribution in [0.25, 0.3) is 0 Å². The van der Waals surface area contributed by atoms with E-state index in [1.165, 1.54) is 38.0 Å². The van der Waals surface area contributed by atoms with E-state index in [4.69, 9.17) is 5.84 Å². The maximum Gasteiger partial charge on any atom is 0.0809 e. The van der Waals surface area contributed by atoms with Gasteiger partial charge >= 0.3 is 0 Å². The van der Waals surface area contributed by atoms with Gasteiger partial charge in [0, 0.05) is 18.3 Å². The lowest BCUT2D eigenvalue weighted by Gasteiger charge is -2.47. The number of piperidine rings is 1. The lowest BCUT2D eigenvalue weighted by molar-refractivity contribution is 0.0396. The first kappa shape index (κ1) is 16.5. The van der Waals surface area contributed by atoms with Gasteiger partial charge in [-0.05, 0) is 51.8 Å². The third-order valence-electron chi connectivity index (χ3n) is 5.06. The predicted molar refractivity (Wildman–Crippen MR) is 86.7 cm³/mol. The van der Waals surface area contributed by atoms with Crippen molar-refractivity contribution >= 4 is 0 Å². The third kappa shape index (κ3) is 3.30. The standard InChI is InChI=1S/C16H31N5/c1-4-11-21-14(9-10-18-21)15(19-17)16(3,5-2)20-12-7-6-8-13-20/h9-10,15,19H,4-8,11-13,17H2,1-3H3. The van der Waals surface area contributed by atoms with Crippen LogP contribution in [0.2, 0.25) is 0 Å². The Kier molecular flexibility index (Phi) is 5.79. The topological polar surface area (TPSA) is 59.1 Å². The van der Waals surface area contributed by atoms with E-state index in [1.807, 2.05) is 6.20 Å². The van der Waals surface area contributed by atoms with Gasteiger partial charge < -0.3 is 0 Å². The molecule has 2 atom stereocenters. The molecule has 3 N–H and O–H groups in total. The van der Waals surface area contributed by atoms with Gasteiger partial charge in [0.1, 0.15) is 0 Å². The molecule has 2 unspecified atom stereocenters. The summed E-state index contributed by atoms with van der Waals surface area (Å²) < 4.78 is 2.10. The van der Waals surface area contributed by atoms with E-state index in [0.29, 0.717) is 0 Å². The van der Waals surface area contributed by atoms with Gasteiger partial charge in [-0.3, -0.25) is 15.4 Å². The van der Waals surface area contributed by atoms with Crippen LogP contribution in [0, 0.1) is 0 Å². The number of nitrogens with one attached hydrogen (secondary N) is 1. The molecule has 0 saturated carbocycles. The van der Waals surface area contributed by atoms with E-state index in [1.54, 1.807) is 0 Å². The third-order valence-corrected chi connectivity index (χ3v) is 5.06. The van der Waals surface area contributed by atoms with Crippen molar-refractivity contribution in [3.63, 3.8) is 0 Å². The molecule has 1 aliphatic heterocycles. The van der Waals surface area contributed by atoms with Gasteiger partial charge in [0.15, 0.2) is 0 Å². The molecule has 0 spiro atoms. The van der Waals surface area contributed by atoms with Crippen LogP contribution in [0.1, 0.15) is 64.6 Å². The molecule has 0 aliphatic carbocycles. The summed E-state index contributed by atoms with van der Waals surface area (Å²) in [5.41, 5.74) is 4.32. The molecule has 5 heteroatoms. The number of likely N-dealkylation sites (tertiary alicyclic amines) is 1. The first-order valence-electron chi connectivity index (χ1n) is 8.40. The fourth-order valence-corrected chi connectivity index (χ4v) is 3.59. The number of hydrazine groups is 1. The van der Waals surface area contributed by atoms with Crippen molar-refractivity contribution < 1.29 is 0 Å². The SMILES string of the molecule is CCCn1nccc1C(NN)C(C)(CC)N1CCCCC1. The van der Waals surface area contributed by atoms with Crippen LogP contribution in [0.15, 0.2) is 12.3 Å². The van der Waals surface area contributed by atoms with Gasteiger partial charge in [-0.2, -0.15) is 5.10 Å². The van der Waals surface area contributed by atoms with Crippen LogP contribution in [-0.2, 0) is 6.54 Å². The molecule has 2 heterocycles. The first-order chi connectivity index (χ1) is 10.2. The zero-order valence-corrected chi connectivity index (χ0v) is 13.8. The quantitative estimate of drug-likeness (QED) is 0.599. The molecule has 0 bridgehead atoms. The number of nitrogens with zero attached hydrogens (tertiary/aromatic N) is 3. The molecule has 5 nitrogen and oxygen atoms in total. The van der Waals surface area contributed by atoms with E-state index in [2.05, 4.69) is 46.9 Å². The zero-order chi connectivity index (χ0) is 15.3. The molecule has 1 aromatic rings. The first-order valence-corrected chi connectivity index (χ1v) is 8.40. The molecular weight excluding hydrogens is 262 g/mol. The van der Waals surface area contributed by atoms with Crippen molar-refractivity contribution in [2.24, 2.45) is 5.84 Å². The molecular formula is C16H31N5.